The summed E-state index contributed by atoms with van der Waals surface area (Å²) < 4.78 is 0. The fourth-order valence-electron chi connectivity index (χ4n) is 3.63. The van der Waals surface area contributed by atoms with Crippen LogP contribution >= 0.6 is 11.8 Å². The van der Waals surface area contributed by atoms with Gasteiger partial charge in [-0.3, -0.25) is 9.59 Å². The van der Waals surface area contributed by atoms with E-state index in [2.05, 4.69) is 12.2 Å². The zero-order valence-corrected chi connectivity index (χ0v) is 14.6. The highest BCUT2D eigenvalue weighted by atomic mass is 32.2. The second-order valence-corrected chi connectivity index (χ2v) is 7.78. The maximum atomic E-state index is 12.6. The Kier molecular flexibility index (Phi) is 4.95. The first-order valence-electron chi connectivity index (χ1n) is 8.43. The first kappa shape index (κ1) is 16.4. The van der Waals surface area contributed by atoms with Crippen LogP contribution in [0.2, 0.25) is 0 Å². The van der Waals surface area contributed by atoms with E-state index in [4.69, 9.17) is 0 Å². The minimum atomic E-state index is 0.0164. The summed E-state index contributed by atoms with van der Waals surface area (Å²) in [5.41, 5.74) is 2.76. The summed E-state index contributed by atoms with van der Waals surface area (Å²) in [5.74, 6) is 1.17. The van der Waals surface area contributed by atoms with Gasteiger partial charge >= 0.3 is 0 Å². The Labute approximate surface area is 142 Å². The summed E-state index contributed by atoms with van der Waals surface area (Å²) in [7, 11) is 0. The Morgan fingerprint density at radius 3 is 2.91 bits per heavy atom. The molecule has 2 atom stereocenters. The molecule has 5 heteroatoms. The summed E-state index contributed by atoms with van der Waals surface area (Å²) in [5, 5.41) is 3.76. The van der Waals surface area contributed by atoms with Crippen molar-refractivity contribution in [3.8, 4) is 0 Å². The van der Waals surface area contributed by atoms with Crippen LogP contribution in [0, 0.1) is 0 Å². The lowest BCUT2D eigenvalue weighted by molar-refractivity contribution is -0.116. The van der Waals surface area contributed by atoms with Crippen LogP contribution in [0.4, 0.5) is 5.69 Å². The Bertz CT molecular complexity index is 617. The van der Waals surface area contributed by atoms with E-state index < -0.39 is 0 Å². The molecule has 23 heavy (non-hydrogen) atoms. The normalized spacial score (nSPS) is 23.0. The number of amides is 2. The molecule has 2 amide bonds. The van der Waals surface area contributed by atoms with Gasteiger partial charge in [-0.05, 0) is 48.8 Å². The Balaban J connectivity index is 1.70. The van der Waals surface area contributed by atoms with Crippen LogP contribution in [0.3, 0.4) is 0 Å². The van der Waals surface area contributed by atoms with Crippen LogP contribution in [0.1, 0.15) is 49.0 Å². The molecule has 0 spiro atoms. The number of hydrogen-bond donors (Lipinski definition) is 1. The van der Waals surface area contributed by atoms with E-state index in [1.807, 2.05) is 30.0 Å². The van der Waals surface area contributed by atoms with Crippen LogP contribution in [0.5, 0.6) is 0 Å². The molecule has 1 heterocycles. The number of nitrogens with one attached hydrogen (secondary N) is 1. The highest BCUT2D eigenvalue weighted by Gasteiger charge is 2.29. The molecule has 1 saturated carbocycles. The molecule has 0 bridgehead atoms. The summed E-state index contributed by atoms with van der Waals surface area (Å²) in [6.07, 6.45) is 4.29. The van der Waals surface area contributed by atoms with Gasteiger partial charge in [0.2, 0.25) is 5.91 Å². The van der Waals surface area contributed by atoms with Crippen LogP contribution in [-0.4, -0.2) is 35.4 Å². The minimum Gasteiger partial charge on any atom is -0.348 e. The van der Waals surface area contributed by atoms with Crippen molar-refractivity contribution in [3.05, 3.63) is 29.3 Å². The Morgan fingerprint density at radius 1 is 1.35 bits per heavy atom. The van der Waals surface area contributed by atoms with E-state index in [-0.39, 0.29) is 17.9 Å². The standard InChI is InChI=1S/C18H24N2O2S/c1-3-23-17-6-4-5-15(17)19-18(22)14-7-8-16-13(11-14)9-10-20(16)12(2)21/h7-8,11,15,17H,3-6,9-10H2,1-2H3,(H,19,22). The van der Waals surface area contributed by atoms with Crippen LogP contribution < -0.4 is 10.2 Å². The third-order valence-electron chi connectivity index (χ3n) is 4.77. The van der Waals surface area contributed by atoms with Gasteiger partial charge in [-0.2, -0.15) is 11.8 Å². The maximum Gasteiger partial charge on any atom is 0.251 e. The molecule has 0 aromatic heterocycles. The van der Waals surface area contributed by atoms with Gasteiger partial charge in [0.15, 0.2) is 0 Å². The van der Waals surface area contributed by atoms with E-state index in [0.29, 0.717) is 17.4 Å². The summed E-state index contributed by atoms with van der Waals surface area (Å²) in [6.45, 7) is 4.47. The van der Waals surface area contributed by atoms with E-state index in [1.54, 1.807) is 11.8 Å². The Morgan fingerprint density at radius 2 is 2.17 bits per heavy atom. The van der Waals surface area contributed by atoms with E-state index in [9.17, 15) is 9.59 Å². The fourth-order valence-corrected chi connectivity index (χ4v) is 4.82. The van der Waals surface area contributed by atoms with Crippen LogP contribution in [0.15, 0.2) is 18.2 Å². The van der Waals surface area contributed by atoms with Gasteiger partial charge in [-0.15, -0.1) is 0 Å². The predicted molar refractivity (Wildman–Crippen MR) is 95.2 cm³/mol. The summed E-state index contributed by atoms with van der Waals surface area (Å²) >= 11 is 1.95. The molecule has 1 aromatic rings. The molecule has 3 rings (SSSR count). The SMILES string of the molecule is CCSC1CCCC1NC(=O)c1ccc2c(c1)CCN2C(C)=O. The number of anilines is 1. The number of thioether (sulfide) groups is 1. The maximum absolute atomic E-state index is 12.6. The van der Waals surface area contributed by atoms with Crippen LogP contribution in [-0.2, 0) is 11.2 Å². The van der Waals surface area contributed by atoms with Crippen molar-refractivity contribution < 1.29 is 9.59 Å². The van der Waals surface area contributed by atoms with Crippen molar-refractivity contribution in [2.45, 2.75) is 50.8 Å². The molecule has 1 aliphatic heterocycles. The lowest BCUT2D eigenvalue weighted by Crippen LogP contribution is -2.38. The Hall–Kier alpha value is -1.49. The van der Waals surface area contributed by atoms with Gasteiger partial charge in [0.25, 0.3) is 5.91 Å². The molecule has 2 aliphatic rings. The van der Waals surface area contributed by atoms with Crippen molar-refractivity contribution in [1.82, 2.24) is 5.32 Å². The molecular formula is C18H24N2O2S. The van der Waals surface area contributed by atoms with Gasteiger partial charge in [-0.25, -0.2) is 0 Å². The molecule has 124 valence electrons. The molecular weight excluding hydrogens is 308 g/mol. The zero-order valence-electron chi connectivity index (χ0n) is 13.8. The third-order valence-corrected chi connectivity index (χ3v) is 6.09. The topological polar surface area (TPSA) is 49.4 Å². The molecule has 2 unspecified atom stereocenters. The molecule has 1 aliphatic carbocycles. The molecule has 0 saturated heterocycles. The largest absolute Gasteiger partial charge is 0.348 e. The van der Waals surface area contributed by atoms with Crippen molar-refractivity contribution in [3.63, 3.8) is 0 Å². The van der Waals surface area contributed by atoms with Crippen LogP contribution in [0.25, 0.3) is 0 Å². The van der Waals surface area contributed by atoms with E-state index in [1.165, 1.54) is 12.8 Å². The lowest BCUT2D eigenvalue weighted by atomic mass is 10.1. The zero-order chi connectivity index (χ0) is 16.4. The fraction of sp³-hybridized carbons (Fsp3) is 0.556. The average molecular weight is 332 g/mol. The van der Waals surface area contributed by atoms with Crippen molar-refractivity contribution in [1.29, 1.82) is 0 Å². The van der Waals surface area contributed by atoms with Crippen molar-refractivity contribution in [2.24, 2.45) is 0 Å². The van der Waals surface area contributed by atoms with E-state index >= 15 is 0 Å². The van der Waals surface area contributed by atoms with E-state index in [0.717, 1.165) is 29.8 Å². The van der Waals surface area contributed by atoms with Gasteiger partial charge in [0.05, 0.1) is 0 Å². The first-order chi connectivity index (χ1) is 11.1. The third kappa shape index (κ3) is 3.39. The number of carbonyl (C=O) groups excluding carboxylic acids is 2. The predicted octanol–water partition coefficient (Wildman–Crippen LogP) is 3.00. The number of fused-ring (bicyclic) bond motifs is 1. The van der Waals surface area contributed by atoms with Crippen molar-refractivity contribution in [2.75, 3.05) is 17.2 Å². The molecule has 1 aromatic carbocycles. The first-order valence-corrected chi connectivity index (χ1v) is 9.48. The number of hydrogen-bond acceptors (Lipinski definition) is 3. The molecule has 4 nitrogen and oxygen atoms in total. The number of rotatable bonds is 4. The minimum absolute atomic E-state index is 0.0164. The second kappa shape index (κ2) is 6.95. The second-order valence-electron chi connectivity index (χ2n) is 6.27. The molecule has 1 N–H and O–H groups in total. The number of benzene rings is 1. The van der Waals surface area contributed by atoms with Crippen molar-refractivity contribution >= 4 is 29.3 Å². The molecule has 0 radical (unpaired) electrons. The smallest absolute Gasteiger partial charge is 0.251 e. The van der Waals surface area contributed by atoms with Gasteiger partial charge < -0.3 is 10.2 Å². The van der Waals surface area contributed by atoms with Gasteiger partial charge in [-0.1, -0.05) is 13.3 Å². The summed E-state index contributed by atoms with van der Waals surface area (Å²) in [4.78, 5) is 25.9. The number of carbonyl (C=O) groups is 2. The quantitative estimate of drug-likeness (QED) is 0.922. The lowest BCUT2D eigenvalue weighted by Gasteiger charge is -2.20. The highest BCUT2D eigenvalue weighted by Crippen LogP contribution is 2.31. The number of nitrogens with zero attached hydrogens (tertiary/aromatic N) is 1. The summed E-state index contributed by atoms with van der Waals surface area (Å²) in [6, 6.07) is 5.98. The molecule has 1 fully saturated rings. The highest BCUT2D eigenvalue weighted by molar-refractivity contribution is 7.99. The van der Waals surface area contributed by atoms with Gasteiger partial charge in [0, 0.05) is 36.0 Å². The monoisotopic (exact) mass is 332 g/mol. The van der Waals surface area contributed by atoms with Gasteiger partial charge in [0.1, 0.15) is 0 Å². The average Bonchev–Trinajstić information content (AvgIpc) is 3.14.